The summed E-state index contributed by atoms with van der Waals surface area (Å²) in [5.74, 6) is -0.0147. The average Bonchev–Trinajstić information content (AvgIpc) is 2.80. The van der Waals surface area contributed by atoms with Gasteiger partial charge >= 0.3 is 0 Å². The molecule has 3 aromatic rings. The normalized spacial score (nSPS) is 14.2. The average molecular weight is 397 g/mol. The summed E-state index contributed by atoms with van der Waals surface area (Å²) in [6.07, 6.45) is 3.25. The Morgan fingerprint density at radius 1 is 1.00 bits per heavy atom. The molecule has 150 valence electrons. The number of nitrogens with one attached hydrogen (secondary N) is 1. The van der Waals surface area contributed by atoms with E-state index in [1.807, 2.05) is 29.2 Å². The van der Waals surface area contributed by atoms with Gasteiger partial charge < -0.3 is 10.2 Å². The maximum Gasteiger partial charge on any atom is 0.255 e. The number of nitrogens with zero attached hydrogens (tertiary/aromatic N) is 4. The Morgan fingerprint density at radius 3 is 2.50 bits per heavy atom. The summed E-state index contributed by atoms with van der Waals surface area (Å²) in [7, 11) is 0. The first kappa shape index (κ1) is 19.6. The fraction of sp³-hybridized carbons (Fsp3) is 0.208. The molecule has 0 saturated carbocycles. The van der Waals surface area contributed by atoms with Crippen LogP contribution in [0.25, 0.3) is 0 Å². The van der Waals surface area contributed by atoms with E-state index in [4.69, 9.17) is 0 Å². The second-order valence-corrected chi connectivity index (χ2v) is 7.30. The number of anilines is 2. The molecule has 1 N–H and O–H groups in total. The van der Waals surface area contributed by atoms with Gasteiger partial charge in [-0.3, -0.25) is 14.7 Å². The highest BCUT2D eigenvalue weighted by atomic mass is 16.2. The second kappa shape index (κ2) is 9.21. The van der Waals surface area contributed by atoms with Crippen LogP contribution in [0.4, 0.5) is 11.4 Å². The van der Waals surface area contributed by atoms with Crippen LogP contribution < -0.4 is 5.32 Å². The smallest absolute Gasteiger partial charge is 0.255 e. The molecule has 0 unspecified atom stereocenters. The Morgan fingerprint density at radius 2 is 1.73 bits per heavy atom. The van der Waals surface area contributed by atoms with Crippen LogP contribution >= 0.6 is 0 Å². The number of benzene rings is 2. The van der Waals surface area contributed by atoms with Crippen molar-refractivity contribution >= 4 is 17.3 Å². The minimum atomic E-state index is -0.0147. The quantitative estimate of drug-likeness (QED) is 0.711. The van der Waals surface area contributed by atoms with Gasteiger partial charge in [-0.05, 0) is 23.8 Å². The van der Waals surface area contributed by atoms with Crippen LogP contribution in [0.15, 0.2) is 73.1 Å². The van der Waals surface area contributed by atoms with Crippen LogP contribution in [-0.2, 0) is 6.54 Å². The number of aromatic nitrogens is 1. The molecule has 1 fully saturated rings. The Balaban J connectivity index is 1.38. The van der Waals surface area contributed by atoms with Gasteiger partial charge in [0.2, 0.25) is 0 Å². The molecule has 1 amide bonds. The summed E-state index contributed by atoms with van der Waals surface area (Å²) >= 11 is 0. The molecular weight excluding hydrogens is 374 g/mol. The van der Waals surface area contributed by atoms with Crippen molar-refractivity contribution in [2.45, 2.75) is 6.54 Å². The molecule has 1 aromatic heterocycles. The number of hydrogen-bond acceptors (Lipinski definition) is 5. The van der Waals surface area contributed by atoms with Gasteiger partial charge in [0.15, 0.2) is 0 Å². The van der Waals surface area contributed by atoms with Crippen LogP contribution in [0.3, 0.4) is 0 Å². The lowest BCUT2D eigenvalue weighted by Crippen LogP contribution is -2.48. The molecule has 0 bridgehead atoms. The van der Waals surface area contributed by atoms with Crippen molar-refractivity contribution in [3.63, 3.8) is 0 Å². The van der Waals surface area contributed by atoms with Gasteiger partial charge in [-0.1, -0.05) is 42.5 Å². The fourth-order valence-corrected chi connectivity index (χ4v) is 3.60. The van der Waals surface area contributed by atoms with Crippen LogP contribution in [0.5, 0.6) is 0 Å². The van der Waals surface area contributed by atoms with Crippen LogP contribution in [0, 0.1) is 11.3 Å². The molecule has 0 spiro atoms. The van der Waals surface area contributed by atoms with Crippen molar-refractivity contribution in [2.75, 3.05) is 31.5 Å². The zero-order valence-corrected chi connectivity index (χ0v) is 16.7. The van der Waals surface area contributed by atoms with Gasteiger partial charge in [0.1, 0.15) is 6.07 Å². The van der Waals surface area contributed by atoms with E-state index in [0.29, 0.717) is 35.6 Å². The predicted octanol–water partition coefficient (Wildman–Crippen LogP) is 3.65. The van der Waals surface area contributed by atoms with E-state index >= 15 is 0 Å². The summed E-state index contributed by atoms with van der Waals surface area (Å²) in [5, 5.41) is 12.4. The first-order valence-corrected chi connectivity index (χ1v) is 10.00. The van der Waals surface area contributed by atoms with Crippen molar-refractivity contribution in [1.82, 2.24) is 14.8 Å². The van der Waals surface area contributed by atoms with Crippen molar-refractivity contribution in [3.05, 3.63) is 89.7 Å². The Hall–Kier alpha value is -3.69. The number of pyridine rings is 1. The standard InChI is InChI=1S/C24H23N5O/c25-15-20-8-4-5-9-23(20)27-22-14-21(16-26-17-22)24(30)29-12-10-28(11-13-29)18-19-6-2-1-3-7-19/h1-9,14,16-17,27H,10-13,18H2. The number of hydrogen-bond donors (Lipinski definition) is 1. The summed E-state index contributed by atoms with van der Waals surface area (Å²) < 4.78 is 0. The molecule has 0 aliphatic carbocycles. The number of amides is 1. The number of piperazine rings is 1. The molecule has 4 rings (SSSR count). The van der Waals surface area contributed by atoms with Crippen molar-refractivity contribution < 1.29 is 4.79 Å². The first-order chi connectivity index (χ1) is 14.7. The Bertz CT molecular complexity index is 1050. The van der Waals surface area contributed by atoms with Crippen molar-refractivity contribution in [2.24, 2.45) is 0 Å². The molecule has 0 atom stereocenters. The third-order valence-electron chi connectivity index (χ3n) is 5.22. The first-order valence-electron chi connectivity index (χ1n) is 10.00. The highest BCUT2D eigenvalue weighted by Crippen LogP contribution is 2.21. The van der Waals surface area contributed by atoms with Gasteiger partial charge in [0, 0.05) is 38.9 Å². The molecule has 1 saturated heterocycles. The largest absolute Gasteiger partial charge is 0.353 e. The summed E-state index contributed by atoms with van der Waals surface area (Å²) in [5.41, 5.74) is 3.76. The van der Waals surface area contributed by atoms with Gasteiger partial charge in [0.25, 0.3) is 5.91 Å². The second-order valence-electron chi connectivity index (χ2n) is 7.30. The number of nitriles is 1. The van der Waals surface area contributed by atoms with E-state index < -0.39 is 0 Å². The number of rotatable bonds is 5. The minimum Gasteiger partial charge on any atom is -0.353 e. The SMILES string of the molecule is N#Cc1ccccc1Nc1cncc(C(=O)N2CCN(Cc3ccccc3)CC2)c1. The van der Waals surface area contributed by atoms with Crippen LogP contribution in [-0.4, -0.2) is 46.9 Å². The van der Waals surface area contributed by atoms with E-state index in [1.165, 1.54) is 5.56 Å². The van der Waals surface area contributed by atoms with Gasteiger partial charge in [-0.2, -0.15) is 5.26 Å². The van der Waals surface area contributed by atoms with E-state index in [2.05, 4.69) is 45.5 Å². The Kier molecular flexibility index (Phi) is 6.02. The lowest BCUT2D eigenvalue weighted by molar-refractivity contribution is 0.0628. The third-order valence-corrected chi connectivity index (χ3v) is 5.22. The lowest BCUT2D eigenvalue weighted by Gasteiger charge is -2.34. The maximum atomic E-state index is 13.0. The summed E-state index contributed by atoms with van der Waals surface area (Å²) in [6.45, 7) is 3.99. The van der Waals surface area contributed by atoms with E-state index in [0.717, 1.165) is 19.6 Å². The van der Waals surface area contributed by atoms with E-state index in [-0.39, 0.29) is 5.91 Å². The highest BCUT2D eigenvalue weighted by molar-refractivity contribution is 5.95. The van der Waals surface area contributed by atoms with E-state index in [9.17, 15) is 10.1 Å². The number of carbonyl (C=O) groups is 1. The molecule has 1 aliphatic rings. The number of carbonyl (C=O) groups excluding carboxylic acids is 1. The van der Waals surface area contributed by atoms with Crippen LogP contribution in [0.1, 0.15) is 21.5 Å². The van der Waals surface area contributed by atoms with Crippen LogP contribution in [0.2, 0.25) is 0 Å². The maximum absolute atomic E-state index is 13.0. The molecule has 6 heteroatoms. The molecule has 0 radical (unpaired) electrons. The topological polar surface area (TPSA) is 72.3 Å². The van der Waals surface area contributed by atoms with Gasteiger partial charge in [0.05, 0.1) is 28.7 Å². The molecule has 30 heavy (non-hydrogen) atoms. The summed E-state index contributed by atoms with van der Waals surface area (Å²) in [4.78, 5) is 21.4. The minimum absolute atomic E-state index is 0.0147. The molecule has 2 aromatic carbocycles. The lowest BCUT2D eigenvalue weighted by atomic mass is 10.1. The van der Waals surface area contributed by atoms with Crippen molar-refractivity contribution in [1.29, 1.82) is 5.26 Å². The molecule has 6 nitrogen and oxygen atoms in total. The summed E-state index contributed by atoms with van der Waals surface area (Å²) in [6, 6.07) is 21.6. The zero-order chi connectivity index (χ0) is 20.8. The van der Waals surface area contributed by atoms with Crippen molar-refractivity contribution in [3.8, 4) is 6.07 Å². The fourth-order valence-electron chi connectivity index (χ4n) is 3.60. The zero-order valence-electron chi connectivity index (χ0n) is 16.7. The van der Waals surface area contributed by atoms with Gasteiger partial charge in [-0.25, -0.2) is 0 Å². The molecule has 1 aliphatic heterocycles. The van der Waals surface area contributed by atoms with Gasteiger partial charge in [-0.15, -0.1) is 0 Å². The highest BCUT2D eigenvalue weighted by Gasteiger charge is 2.22. The Labute approximate surface area is 176 Å². The third kappa shape index (κ3) is 4.65. The molecular formula is C24H23N5O. The number of para-hydroxylation sites is 1. The molecule has 2 heterocycles. The predicted molar refractivity (Wildman–Crippen MR) is 116 cm³/mol. The monoisotopic (exact) mass is 397 g/mol. The van der Waals surface area contributed by atoms with E-state index in [1.54, 1.807) is 24.5 Å².